The first kappa shape index (κ1) is 15.7. The van der Waals surface area contributed by atoms with Crippen molar-refractivity contribution in [3.8, 4) is 11.3 Å². The lowest BCUT2D eigenvalue weighted by molar-refractivity contribution is -0.141. The second-order valence-corrected chi connectivity index (χ2v) is 5.68. The van der Waals surface area contributed by atoms with E-state index >= 15 is 0 Å². The van der Waals surface area contributed by atoms with Gasteiger partial charge in [0.15, 0.2) is 5.69 Å². The fourth-order valence-corrected chi connectivity index (χ4v) is 2.80. The van der Waals surface area contributed by atoms with Crippen molar-refractivity contribution in [1.82, 2.24) is 15.2 Å². The lowest BCUT2D eigenvalue weighted by Crippen LogP contribution is -2.25. The number of hydrogen-bond donors (Lipinski definition) is 1. The number of aromatic nitrogens is 2. The molecular weight excluding hydrogens is 332 g/mol. The summed E-state index contributed by atoms with van der Waals surface area (Å²) in [4.78, 5) is 0. The van der Waals surface area contributed by atoms with Crippen molar-refractivity contribution in [3.05, 3.63) is 46.9 Å². The van der Waals surface area contributed by atoms with Crippen molar-refractivity contribution in [2.45, 2.75) is 13.1 Å². The molecular formula is C14H11F4N4S. The molecule has 1 aromatic heterocycles. The summed E-state index contributed by atoms with van der Waals surface area (Å²) in [7, 11) is 1.35. The summed E-state index contributed by atoms with van der Waals surface area (Å²) < 4.78 is 55.1. The smallest absolute Gasteiger partial charge is 0.291 e. The van der Waals surface area contributed by atoms with Gasteiger partial charge in [-0.25, -0.2) is 8.80 Å². The minimum absolute atomic E-state index is 0.0529. The molecule has 1 N–H and O–H groups in total. The molecule has 0 amide bonds. The Bertz CT molecular complexity index is 782. The van der Waals surface area contributed by atoms with E-state index in [-0.39, 0.29) is 11.3 Å². The average Bonchev–Trinajstić information content (AvgIpc) is 3.05. The second-order valence-electron chi connectivity index (χ2n) is 4.92. The predicted molar refractivity (Wildman–Crippen MR) is 79.2 cm³/mol. The van der Waals surface area contributed by atoms with E-state index in [4.69, 9.17) is 0 Å². The van der Waals surface area contributed by atoms with E-state index in [1.165, 1.54) is 31.1 Å². The number of nitrogens with zero attached hydrogens (tertiary/aromatic N) is 3. The monoisotopic (exact) mass is 343 g/mol. The maximum atomic E-state index is 14.4. The number of rotatable bonds is 2. The van der Waals surface area contributed by atoms with Crippen molar-refractivity contribution in [2.24, 2.45) is 7.05 Å². The number of anilines is 1. The van der Waals surface area contributed by atoms with Gasteiger partial charge in [0.25, 0.3) is 0 Å². The summed E-state index contributed by atoms with van der Waals surface area (Å²) in [5, 5.41) is 6.34. The molecule has 0 spiro atoms. The fraction of sp³-hybridized carbons (Fsp3) is 0.214. The van der Waals surface area contributed by atoms with Crippen LogP contribution in [0.2, 0.25) is 0 Å². The van der Waals surface area contributed by atoms with Crippen molar-refractivity contribution in [2.75, 3.05) is 4.41 Å². The molecule has 1 radical (unpaired) electrons. The third kappa shape index (κ3) is 3.00. The Hall–Kier alpha value is -2.16. The molecule has 0 saturated heterocycles. The Balaban J connectivity index is 1.94. The van der Waals surface area contributed by atoms with Crippen LogP contribution in [0.1, 0.15) is 12.6 Å². The maximum absolute atomic E-state index is 14.4. The molecule has 1 aliphatic heterocycles. The average molecular weight is 343 g/mol. The number of halogens is 4. The topological polar surface area (TPSA) is 33.1 Å². The number of allylic oxidation sites excluding steroid dienone is 1. The summed E-state index contributed by atoms with van der Waals surface area (Å²) >= 11 is 1.23. The SMILES string of the molecule is CC1=[C]SN(c2ccc(-c3cc(C(F)(F)F)nn3C)c(F)c2)N1. The molecule has 0 saturated carbocycles. The van der Waals surface area contributed by atoms with Crippen LogP contribution < -0.4 is 9.84 Å². The van der Waals surface area contributed by atoms with Crippen LogP contribution in [0, 0.1) is 11.2 Å². The molecule has 121 valence electrons. The Kier molecular flexibility index (Phi) is 3.75. The van der Waals surface area contributed by atoms with Crippen LogP contribution in [-0.4, -0.2) is 9.78 Å². The molecule has 0 fully saturated rings. The number of hydrazine groups is 1. The standard InChI is InChI=1S/C14H11F4N4S/c1-8-7-23-22(19-8)9-3-4-10(11(15)5-9)12-6-13(14(16,17)18)20-21(12)2/h3-6,19H,1-2H3. The highest BCUT2D eigenvalue weighted by molar-refractivity contribution is 8.02. The molecule has 0 unspecified atom stereocenters. The first-order valence-electron chi connectivity index (χ1n) is 6.50. The molecule has 0 aliphatic carbocycles. The largest absolute Gasteiger partial charge is 0.435 e. The van der Waals surface area contributed by atoms with Gasteiger partial charge in [0.05, 0.1) is 16.8 Å². The zero-order valence-corrected chi connectivity index (χ0v) is 12.9. The Morgan fingerprint density at radius 2 is 2.00 bits per heavy atom. The Morgan fingerprint density at radius 1 is 1.26 bits per heavy atom. The van der Waals surface area contributed by atoms with E-state index in [1.54, 1.807) is 10.5 Å². The summed E-state index contributed by atoms with van der Waals surface area (Å²) in [5.41, 5.74) is 3.34. The molecule has 0 atom stereocenters. The van der Waals surface area contributed by atoms with Crippen LogP contribution in [-0.2, 0) is 13.2 Å². The van der Waals surface area contributed by atoms with Gasteiger partial charge in [-0.2, -0.15) is 18.3 Å². The maximum Gasteiger partial charge on any atom is 0.435 e. The van der Waals surface area contributed by atoms with Crippen LogP contribution >= 0.6 is 11.9 Å². The number of hydrogen-bond acceptors (Lipinski definition) is 4. The molecule has 3 rings (SSSR count). The van der Waals surface area contributed by atoms with Gasteiger partial charge in [-0.15, -0.1) is 0 Å². The number of aryl methyl sites for hydroxylation is 1. The van der Waals surface area contributed by atoms with Gasteiger partial charge in [-0.3, -0.25) is 10.1 Å². The molecule has 9 heteroatoms. The highest BCUT2D eigenvalue weighted by Gasteiger charge is 2.35. The predicted octanol–water partition coefficient (Wildman–Crippen LogP) is 3.88. The lowest BCUT2D eigenvalue weighted by Gasteiger charge is -2.18. The highest BCUT2D eigenvalue weighted by atomic mass is 32.2. The Labute approximate surface area is 133 Å². The van der Waals surface area contributed by atoms with E-state index < -0.39 is 17.7 Å². The van der Waals surface area contributed by atoms with Crippen LogP contribution in [0.25, 0.3) is 11.3 Å². The number of alkyl halides is 3. The molecule has 23 heavy (non-hydrogen) atoms. The third-order valence-electron chi connectivity index (χ3n) is 3.19. The van der Waals surface area contributed by atoms with Crippen molar-refractivity contribution >= 4 is 17.6 Å². The number of nitrogens with one attached hydrogen (secondary N) is 1. The summed E-state index contributed by atoms with van der Waals surface area (Å²) in [5.74, 6) is -0.633. The molecule has 1 aliphatic rings. The Morgan fingerprint density at radius 3 is 2.52 bits per heavy atom. The van der Waals surface area contributed by atoms with Crippen LogP contribution in [0.15, 0.2) is 30.0 Å². The van der Waals surface area contributed by atoms with Gasteiger partial charge in [0.1, 0.15) is 5.82 Å². The van der Waals surface area contributed by atoms with Crippen molar-refractivity contribution in [3.63, 3.8) is 0 Å². The summed E-state index contributed by atoms with van der Waals surface area (Å²) in [6.45, 7) is 1.81. The third-order valence-corrected chi connectivity index (χ3v) is 4.07. The highest BCUT2D eigenvalue weighted by Crippen LogP contribution is 2.34. The molecule has 1 aromatic carbocycles. The minimum Gasteiger partial charge on any atom is -0.291 e. The van der Waals surface area contributed by atoms with E-state index in [0.29, 0.717) is 5.69 Å². The lowest BCUT2D eigenvalue weighted by atomic mass is 10.1. The number of benzene rings is 1. The fourth-order valence-electron chi connectivity index (χ4n) is 2.13. The molecule has 2 aromatic rings. The van der Waals surface area contributed by atoms with E-state index in [0.717, 1.165) is 16.4 Å². The molecule has 2 heterocycles. The normalized spacial score (nSPS) is 14.9. The minimum atomic E-state index is -4.57. The summed E-state index contributed by atoms with van der Waals surface area (Å²) in [6, 6.07) is 5.12. The van der Waals surface area contributed by atoms with Gasteiger partial charge in [0, 0.05) is 36.3 Å². The van der Waals surface area contributed by atoms with Crippen LogP contribution in [0.4, 0.5) is 23.2 Å². The van der Waals surface area contributed by atoms with E-state index in [9.17, 15) is 17.6 Å². The van der Waals surface area contributed by atoms with Gasteiger partial charge in [-0.1, -0.05) is 0 Å². The van der Waals surface area contributed by atoms with Gasteiger partial charge in [-0.05, 0) is 25.1 Å². The van der Waals surface area contributed by atoms with Gasteiger partial charge in [0.2, 0.25) is 0 Å². The first-order valence-corrected chi connectivity index (χ1v) is 7.27. The summed E-state index contributed by atoms with van der Waals surface area (Å²) in [6.07, 6.45) is -4.57. The van der Waals surface area contributed by atoms with E-state index in [1.807, 2.05) is 6.92 Å². The van der Waals surface area contributed by atoms with Crippen molar-refractivity contribution < 1.29 is 17.6 Å². The van der Waals surface area contributed by atoms with Crippen LogP contribution in [0.5, 0.6) is 0 Å². The zero-order valence-electron chi connectivity index (χ0n) is 12.1. The quantitative estimate of drug-likeness (QED) is 0.663. The second kappa shape index (κ2) is 5.48. The molecule has 0 bridgehead atoms. The van der Waals surface area contributed by atoms with Gasteiger partial charge >= 0.3 is 6.18 Å². The zero-order chi connectivity index (χ0) is 16.8. The first-order chi connectivity index (χ1) is 10.8. The van der Waals surface area contributed by atoms with Crippen LogP contribution in [0.3, 0.4) is 0 Å². The van der Waals surface area contributed by atoms with E-state index in [2.05, 4.69) is 15.9 Å². The van der Waals surface area contributed by atoms with Gasteiger partial charge < -0.3 is 0 Å². The van der Waals surface area contributed by atoms with Crippen molar-refractivity contribution in [1.29, 1.82) is 0 Å². The molecule has 4 nitrogen and oxygen atoms in total.